The van der Waals surface area contributed by atoms with Crippen molar-refractivity contribution in [2.24, 2.45) is 7.05 Å². The quantitative estimate of drug-likeness (QED) is 0.431. The molecule has 5 aromatic rings. The summed E-state index contributed by atoms with van der Waals surface area (Å²) < 4.78 is 3.05. The Morgan fingerprint density at radius 1 is 0.900 bits per heavy atom. The lowest BCUT2D eigenvalue weighted by atomic mass is 10.1. The molecule has 0 radical (unpaired) electrons. The van der Waals surface area contributed by atoms with Gasteiger partial charge in [0.05, 0.1) is 21.3 Å². The molecule has 0 saturated carbocycles. The largest absolute Gasteiger partial charge is 0.329 e. The number of aryl methyl sites for hydroxylation is 1. The number of urea groups is 1. The van der Waals surface area contributed by atoms with Crippen LogP contribution in [-0.4, -0.2) is 20.6 Å². The Morgan fingerprint density at radius 2 is 1.60 bits per heavy atom. The van der Waals surface area contributed by atoms with Gasteiger partial charge in [-0.05, 0) is 29.8 Å². The lowest BCUT2D eigenvalue weighted by molar-refractivity contribution is 0.249. The summed E-state index contributed by atoms with van der Waals surface area (Å²) in [5.41, 5.74) is 3.73. The van der Waals surface area contributed by atoms with Crippen molar-refractivity contribution in [3.63, 3.8) is 0 Å². The number of nitrogens with zero attached hydrogens (tertiary/aromatic N) is 3. The van der Waals surface area contributed by atoms with Crippen molar-refractivity contribution < 1.29 is 4.79 Å². The third-order valence-electron chi connectivity index (χ3n) is 5.00. The molecule has 0 bridgehead atoms. The van der Waals surface area contributed by atoms with E-state index in [1.807, 2.05) is 90.5 Å². The van der Waals surface area contributed by atoms with Gasteiger partial charge in [-0.1, -0.05) is 65.9 Å². The number of fused-ring (bicyclic) bond motifs is 2. The minimum Gasteiger partial charge on any atom is -0.329 e. The predicted molar refractivity (Wildman–Crippen MR) is 121 cm³/mol. The van der Waals surface area contributed by atoms with E-state index in [2.05, 4.69) is 15.6 Å². The summed E-state index contributed by atoms with van der Waals surface area (Å²) in [6, 6.07) is 24.9. The Hall–Kier alpha value is -3.71. The lowest BCUT2D eigenvalue weighted by Gasteiger charge is -2.19. The third-order valence-corrected chi connectivity index (χ3v) is 5.95. The molecular weight excluding hydrogens is 394 g/mol. The van der Waals surface area contributed by atoms with E-state index in [0.29, 0.717) is 5.13 Å². The maximum Gasteiger partial charge on any atom is 0.321 e. The van der Waals surface area contributed by atoms with Crippen LogP contribution >= 0.6 is 11.3 Å². The van der Waals surface area contributed by atoms with Crippen molar-refractivity contribution in [3.8, 4) is 0 Å². The van der Waals surface area contributed by atoms with E-state index < -0.39 is 6.04 Å². The molecule has 0 saturated heterocycles. The number of rotatable bonds is 4. The highest BCUT2D eigenvalue weighted by Crippen LogP contribution is 2.27. The molecule has 2 N–H and O–H groups in total. The number of carbonyl (C=O) groups is 1. The monoisotopic (exact) mass is 413 g/mol. The Bertz CT molecular complexity index is 1310. The number of carbonyl (C=O) groups excluding carboxylic acids is 1. The molecule has 0 aliphatic carbocycles. The lowest BCUT2D eigenvalue weighted by Crippen LogP contribution is -2.34. The smallest absolute Gasteiger partial charge is 0.321 e. The number of amides is 2. The molecule has 2 heterocycles. The standard InChI is InChI=1S/C23H19N5OS/c1-28-18-13-7-5-11-16(18)24-21(28)20(15-9-3-2-4-10-15)26-22(29)27-23-25-17-12-6-8-14-19(17)30-23/h2-14,20H,1H3,(H2,25,26,27,29). The van der Waals surface area contributed by atoms with Crippen molar-refractivity contribution in [1.82, 2.24) is 19.9 Å². The van der Waals surface area contributed by atoms with Crippen molar-refractivity contribution in [3.05, 3.63) is 90.3 Å². The number of hydrogen-bond acceptors (Lipinski definition) is 4. The summed E-state index contributed by atoms with van der Waals surface area (Å²) in [6.45, 7) is 0. The Morgan fingerprint density at radius 3 is 2.37 bits per heavy atom. The number of nitrogens with one attached hydrogen (secondary N) is 2. The number of hydrogen-bond donors (Lipinski definition) is 2. The molecule has 0 spiro atoms. The van der Waals surface area contributed by atoms with Crippen LogP contribution in [0.25, 0.3) is 21.3 Å². The van der Waals surface area contributed by atoms with E-state index in [0.717, 1.165) is 32.6 Å². The second kappa shape index (κ2) is 7.61. The van der Waals surface area contributed by atoms with Gasteiger partial charge in [0.2, 0.25) is 0 Å². The summed E-state index contributed by atoms with van der Waals surface area (Å²) in [4.78, 5) is 22.2. The predicted octanol–water partition coefficient (Wildman–Crippen LogP) is 5.09. The first-order chi connectivity index (χ1) is 14.7. The van der Waals surface area contributed by atoms with E-state index in [1.165, 1.54) is 11.3 Å². The highest BCUT2D eigenvalue weighted by Gasteiger charge is 2.23. The number of para-hydroxylation sites is 3. The minimum atomic E-state index is -0.405. The number of thiazole rings is 1. The molecule has 0 aliphatic rings. The molecule has 0 fully saturated rings. The van der Waals surface area contributed by atoms with Gasteiger partial charge >= 0.3 is 6.03 Å². The summed E-state index contributed by atoms with van der Waals surface area (Å²) in [6.07, 6.45) is 0. The third kappa shape index (κ3) is 3.40. The maximum absolute atomic E-state index is 12.9. The highest BCUT2D eigenvalue weighted by atomic mass is 32.1. The van der Waals surface area contributed by atoms with E-state index in [9.17, 15) is 4.79 Å². The van der Waals surface area contributed by atoms with Crippen molar-refractivity contribution in [2.45, 2.75) is 6.04 Å². The van der Waals surface area contributed by atoms with Crippen LogP contribution in [0.5, 0.6) is 0 Å². The first-order valence-corrected chi connectivity index (χ1v) is 10.4. The molecule has 2 aromatic heterocycles. The first kappa shape index (κ1) is 18.3. The van der Waals surface area contributed by atoms with Crippen LogP contribution in [0.15, 0.2) is 78.9 Å². The summed E-state index contributed by atoms with van der Waals surface area (Å²) >= 11 is 1.45. The molecule has 6 nitrogen and oxygen atoms in total. The number of imidazole rings is 1. The van der Waals surface area contributed by atoms with Gasteiger partial charge in [0.25, 0.3) is 0 Å². The zero-order valence-corrected chi connectivity index (χ0v) is 17.1. The number of benzene rings is 3. The molecule has 1 unspecified atom stereocenters. The van der Waals surface area contributed by atoms with Crippen molar-refractivity contribution in [1.29, 1.82) is 0 Å². The topological polar surface area (TPSA) is 71.8 Å². The molecule has 3 aromatic carbocycles. The van der Waals surface area contributed by atoms with E-state index in [1.54, 1.807) is 0 Å². The fourth-order valence-electron chi connectivity index (χ4n) is 3.55. The van der Waals surface area contributed by atoms with Crippen LogP contribution in [0.3, 0.4) is 0 Å². The van der Waals surface area contributed by atoms with Crippen LogP contribution in [0.1, 0.15) is 17.4 Å². The number of aromatic nitrogens is 3. The fourth-order valence-corrected chi connectivity index (χ4v) is 4.42. The van der Waals surface area contributed by atoms with E-state index in [4.69, 9.17) is 4.98 Å². The van der Waals surface area contributed by atoms with Gasteiger partial charge in [-0.2, -0.15) is 0 Å². The van der Waals surface area contributed by atoms with Gasteiger partial charge in [0, 0.05) is 7.05 Å². The van der Waals surface area contributed by atoms with Gasteiger partial charge in [0.15, 0.2) is 5.13 Å². The van der Waals surface area contributed by atoms with Crippen molar-refractivity contribution >= 4 is 43.7 Å². The highest BCUT2D eigenvalue weighted by molar-refractivity contribution is 7.22. The fraction of sp³-hybridized carbons (Fsp3) is 0.0870. The SMILES string of the molecule is Cn1c(C(NC(=O)Nc2nc3ccccc3s2)c2ccccc2)nc2ccccc21. The minimum absolute atomic E-state index is 0.324. The van der Waals surface area contributed by atoms with Crippen LogP contribution < -0.4 is 10.6 Å². The maximum atomic E-state index is 12.9. The Labute approximate surface area is 177 Å². The molecular formula is C23H19N5OS. The normalized spacial score (nSPS) is 12.2. The number of anilines is 1. The van der Waals surface area contributed by atoms with Crippen molar-refractivity contribution in [2.75, 3.05) is 5.32 Å². The Balaban J connectivity index is 1.47. The molecule has 30 heavy (non-hydrogen) atoms. The molecule has 2 amide bonds. The van der Waals surface area contributed by atoms with Gasteiger partial charge < -0.3 is 9.88 Å². The molecule has 0 aliphatic heterocycles. The summed E-state index contributed by atoms with van der Waals surface area (Å²) in [7, 11) is 1.97. The van der Waals surface area contributed by atoms with Gasteiger partial charge in [-0.25, -0.2) is 14.8 Å². The van der Waals surface area contributed by atoms with Gasteiger partial charge in [-0.15, -0.1) is 0 Å². The van der Waals surface area contributed by atoms with E-state index in [-0.39, 0.29) is 6.03 Å². The average molecular weight is 414 g/mol. The van der Waals surface area contributed by atoms with E-state index >= 15 is 0 Å². The molecule has 7 heteroatoms. The zero-order valence-electron chi connectivity index (χ0n) is 16.2. The summed E-state index contributed by atoms with van der Waals surface area (Å²) in [5.74, 6) is 0.766. The van der Waals surface area contributed by atoms with Crippen LogP contribution in [0, 0.1) is 0 Å². The zero-order chi connectivity index (χ0) is 20.5. The van der Waals surface area contributed by atoms with Gasteiger partial charge in [0.1, 0.15) is 11.9 Å². The Kier molecular flexibility index (Phi) is 4.65. The van der Waals surface area contributed by atoms with Crippen LogP contribution in [0.2, 0.25) is 0 Å². The summed E-state index contributed by atoms with van der Waals surface area (Å²) in [5, 5.41) is 6.51. The average Bonchev–Trinajstić information content (AvgIpc) is 3.33. The first-order valence-electron chi connectivity index (χ1n) is 9.58. The van der Waals surface area contributed by atoms with Crippen LogP contribution in [-0.2, 0) is 7.05 Å². The molecule has 5 rings (SSSR count). The van der Waals surface area contributed by atoms with Crippen LogP contribution in [0.4, 0.5) is 9.93 Å². The second-order valence-corrected chi connectivity index (χ2v) is 7.98. The molecule has 1 atom stereocenters. The van der Waals surface area contributed by atoms with Gasteiger partial charge in [-0.3, -0.25) is 5.32 Å². The molecule has 148 valence electrons. The second-order valence-electron chi connectivity index (χ2n) is 6.95.